The second-order valence-electron chi connectivity index (χ2n) is 11.2. The van der Waals surface area contributed by atoms with Crippen LogP contribution in [0.2, 0.25) is 0 Å². The number of para-hydroxylation sites is 3. The number of halogens is 3. The van der Waals surface area contributed by atoms with Gasteiger partial charge in [-0.3, -0.25) is 25.1 Å². The summed E-state index contributed by atoms with van der Waals surface area (Å²) in [7, 11) is 0. The number of rotatable bonds is 3. The predicted molar refractivity (Wildman–Crippen MR) is 315 cm³/mol. The molecule has 3 amide bonds. The summed E-state index contributed by atoms with van der Waals surface area (Å²) >= 11 is 16.5. The number of carbonyl (C=O) groups excluding carboxylic acids is 2. The Morgan fingerprint density at radius 1 is 0.394 bits per heavy atom. The summed E-state index contributed by atoms with van der Waals surface area (Å²) in [6.07, 6.45) is 8.25. The molecule has 12 nitrogen and oxygen atoms in total. The highest BCUT2D eigenvalue weighted by Gasteiger charge is 2.30. The van der Waals surface area contributed by atoms with Gasteiger partial charge in [-0.25, -0.2) is 14.8 Å². The molecular weight excluding hydrogens is 951 g/mol. The van der Waals surface area contributed by atoms with Crippen LogP contribution in [-0.4, -0.2) is 40.7 Å². The SMILES string of the molecule is CC.CC.CC.CC.CC.CC.CC.CC.Nc1ccccn1.Nc1ccnc2ccccc12.O=C(Nc1ccccn1)Nc1ccnc2ccccc12.O=C(Nc1ccnc2ccccc12)C(Cl)(Cl)Cl. The molecule has 0 aliphatic carbocycles. The van der Waals surface area contributed by atoms with Gasteiger partial charge in [-0.15, -0.1) is 0 Å². The van der Waals surface area contributed by atoms with Gasteiger partial charge in [0.05, 0.1) is 27.9 Å². The van der Waals surface area contributed by atoms with E-state index in [9.17, 15) is 9.59 Å². The lowest BCUT2D eigenvalue weighted by molar-refractivity contribution is -0.115. The zero-order chi connectivity index (χ0) is 55.0. The zero-order valence-corrected chi connectivity index (χ0v) is 47.1. The molecular formula is C56H81Cl3N10O2. The molecule has 388 valence electrons. The third-order valence-electron chi connectivity index (χ3n) is 7.33. The Bertz CT molecular complexity index is 2480. The molecule has 0 saturated carbocycles. The summed E-state index contributed by atoms with van der Waals surface area (Å²) < 4.78 is -1.98. The van der Waals surface area contributed by atoms with Crippen molar-refractivity contribution in [1.82, 2.24) is 24.9 Å². The first-order valence-electron chi connectivity index (χ1n) is 24.4. The van der Waals surface area contributed by atoms with Crippen molar-refractivity contribution >= 4 is 108 Å². The molecule has 8 aromatic rings. The van der Waals surface area contributed by atoms with E-state index < -0.39 is 9.70 Å². The smallest absolute Gasteiger partial charge is 0.324 e. The van der Waals surface area contributed by atoms with Crippen LogP contribution in [0.4, 0.5) is 33.5 Å². The molecule has 3 aromatic carbocycles. The molecule has 0 unspecified atom stereocenters. The Morgan fingerprint density at radius 2 is 0.761 bits per heavy atom. The lowest BCUT2D eigenvalue weighted by atomic mass is 10.2. The van der Waals surface area contributed by atoms with Crippen LogP contribution in [0.3, 0.4) is 0 Å². The number of anilines is 5. The van der Waals surface area contributed by atoms with Crippen molar-refractivity contribution in [2.45, 2.75) is 115 Å². The maximum Gasteiger partial charge on any atom is 0.324 e. The number of amides is 3. The van der Waals surface area contributed by atoms with Crippen LogP contribution in [0.15, 0.2) is 158 Å². The predicted octanol–water partition coefficient (Wildman–Crippen LogP) is 17.5. The van der Waals surface area contributed by atoms with Crippen molar-refractivity contribution in [3.05, 3.63) is 158 Å². The molecule has 15 heteroatoms. The fourth-order valence-corrected chi connectivity index (χ4v) is 4.95. The number of nitrogens with two attached hydrogens (primary N) is 2. The average molecular weight is 1030 g/mol. The second kappa shape index (κ2) is 47.1. The van der Waals surface area contributed by atoms with E-state index in [4.69, 9.17) is 46.3 Å². The molecule has 0 spiro atoms. The molecule has 5 heterocycles. The molecule has 0 aliphatic heterocycles. The van der Waals surface area contributed by atoms with Crippen LogP contribution < -0.4 is 27.4 Å². The van der Waals surface area contributed by atoms with Gasteiger partial charge < -0.3 is 22.1 Å². The second-order valence-corrected chi connectivity index (χ2v) is 13.5. The number of hydrogen-bond donors (Lipinski definition) is 5. The molecule has 71 heavy (non-hydrogen) atoms. The highest BCUT2D eigenvalue weighted by Crippen LogP contribution is 2.29. The topological polar surface area (TPSA) is 187 Å². The van der Waals surface area contributed by atoms with E-state index in [0.717, 1.165) is 38.4 Å². The average Bonchev–Trinajstić information content (AvgIpc) is 3.44. The highest BCUT2D eigenvalue weighted by atomic mass is 35.6. The van der Waals surface area contributed by atoms with Gasteiger partial charge in [0.1, 0.15) is 11.6 Å². The Hall–Kier alpha value is -6.60. The third kappa shape index (κ3) is 29.2. The molecule has 0 atom stereocenters. The number of hydrogen-bond acceptors (Lipinski definition) is 9. The maximum atomic E-state index is 11.9. The van der Waals surface area contributed by atoms with Gasteiger partial charge in [-0.1, -0.05) is 212 Å². The normalized spacial score (nSPS) is 8.72. The van der Waals surface area contributed by atoms with Gasteiger partial charge in [-0.2, -0.15) is 0 Å². The molecule has 8 rings (SSSR count). The lowest BCUT2D eigenvalue weighted by Gasteiger charge is -2.12. The number of urea groups is 1. The summed E-state index contributed by atoms with van der Waals surface area (Å²) in [6, 6.07) is 38.5. The monoisotopic (exact) mass is 1030 g/mol. The van der Waals surface area contributed by atoms with E-state index in [-0.39, 0.29) is 6.03 Å². The van der Waals surface area contributed by atoms with Crippen LogP contribution >= 0.6 is 34.8 Å². The summed E-state index contributed by atoms with van der Waals surface area (Å²) in [5.41, 5.74) is 15.6. The van der Waals surface area contributed by atoms with E-state index in [1.165, 1.54) is 0 Å². The van der Waals surface area contributed by atoms with Crippen molar-refractivity contribution in [1.29, 1.82) is 0 Å². The number of nitrogen functional groups attached to an aromatic ring is 2. The minimum Gasteiger partial charge on any atom is -0.398 e. The Balaban J connectivity index is -0.000000399. The number of pyridine rings is 5. The number of fused-ring (bicyclic) bond motifs is 3. The van der Waals surface area contributed by atoms with Crippen LogP contribution in [-0.2, 0) is 4.79 Å². The molecule has 7 N–H and O–H groups in total. The van der Waals surface area contributed by atoms with Gasteiger partial charge in [0, 0.05) is 52.8 Å². The number of nitrogens with zero attached hydrogens (tertiary/aromatic N) is 5. The Morgan fingerprint density at radius 3 is 1.13 bits per heavy atom. The quantitative estimate of drug-likeness (QED) is 0.107. The number of alkyl halides is 3. The summed E-state index contributed by atoms with van der Waals surface area (Å²) in [5.74, 6) is 0.379. The third-order valence-corrected chi connectivity index (χ3v) is 7.84. The van der Waals surface area contributed by atoms with Crippen molar-refractivity contribution in [3.8, 4) is 0 Å². The number of benzene rings is 3. The maximum absolute atomic E-state index is 11.9. The zero-order valence-electron chi connectivity index (χ0n) is 44.9. The van der Waals surface area contributed by atoms with Crippen LogP contribution in [0, 0.1) is 0 Å². The molecule has 5 aromatic heterocycles. The molecule has 0 saturated heterocycles. The summed E-state index contributed by atoms with van der Waals surface area (Å²) in [4.78, 5) is 43.9. The van der Waals surface area contributed by atoms with Gasteiger partial charge in [0.2, 0.25) is 0 Å². The molecule has 0 aliphatic rings. The van der Waals surface area contributed by atoms with Crippen molar-refractivity contribution in [3.63, 3.8) is 0 Å². The molecule has 0 bridgehead atoms. The largest absolute Gasteiger partial charge is 0.398 e. The number of aromatic nitrogens is 5. The van der Waals surface area contributed by atoms with Gasteiger partial charge in [0.25, 0.3) is 9.70 Å². The first-order chi connectivity index (χ1) is 34.6. The first kappa shape index (κ1) is 71.0. The minimum atomic E-state index is -1.98. The van der Waals surface area contributed by atoms with E-state index in [0.29, 0.717) is 23.0 Å². The number of nitrogens with one attached hydrogen (secondary N) is 3. The highest BCUT2D eigenvalue weighted by molar-refractivity contribution is 6.76. The van der Waals surface area contributed by atoms with E-state index in [1.807, 2.05) is 208 Å². The van der Waals surface area contributed by atoms with Crippen LogP contribution in [0.5, 0.6) is 0 Å². The standard InChI is InChI=1S/C15H12N4O.C11H7Cl3N2O.C9H8N2.C5H6N2.8C2H6/c20-15(19-14-7-3-4-9-17-14)18-13-8-10-16-12-6-2-1-5-11(12)13;12-11(13,14)10(17)16-9-5-6-15-8-4-2-1-3-7(8)9;10-8-5-6-11-9-4-2-1-3-7(8)9;6-5-3-1-2-4-7-5;8*1-2/h1-10H,(H2,16,17,18,19,20);1-6H,(H,15,16,17);1-6H,(H2,10,11);1-4H,(H2,6,7);8*1-2H3. The molecule has 0 fully saturated rings. The first-order valence-corrected chi connectivity index (χ1v) is 25.5. The fraction of sp³-hybridized carbons (Fsp3) is 0.304. The van der Waals surface area contributed by atoms with Crippen LogP contribution in [0.25, 0.3) is 32.7 Å². The summed E-state index contributed by atoms with van der Waals surface area (Å²) in [6.45, 7) is 32.0. The summed E-state index contributed by atoms with van der Waals surface area (Å²) in [5, 5.41) is 10.7. The van der Waals surface area contributed by atoms with Crippen LogP contribution in [0.1, 0.15) is 111 Å². The van der Waals surface area contributed by atoms with Crippen molar-refractivity contribution in [2.24, 2.45) is 0 Å². The van der Waals surface area contributed by atoms with E-state index in [1.54, 1.807) is 61.3 Å². The van der Waals surface area contributed by atoms with E-state index in [2.05, 4.69) is 40.9 Å². The Kier molecular flexibility index (Phi) is 47.1. The van der Waals surface area contributed by atoms with Crippen molar-refractivity contribution in [2.75, 3.05) is 27.4 Å². The Labute approximate surface area is 440 Å². The van der Waals surface area contributed by atoms with Gasteiger partial charge >= 0.3 is 6.03 Å². The number of carbonyl (C=O) groups is 2. The van der Waals surface area contributed by atoms with Gasteiger partial charge in [0.15, 0.2) is 0 Å². The van der Waals surface area contributed by atoms with Gasteiger partial charge in [-0.05, 0) is 60.7 Å². The lowest BCUT2D eigenvalue weighted by Crippen LogP contribution is -2.27. The fourth-order valence-electron chi connectivity index (χ4n) is 4.80. The van der Waals surface area contributed by atoms with Crippen molar-refractivity contribution < 1.29 is 9.59 Å². The minimum absolute atomic E-state index is 0.333. The van der Waals surface area contributed by atoms with E-state index >= 15 is 0 Å². The molecule has 0 radical (unpaired) electrons.